The van der Waals surface area contributed by atoms with Crippen molar-refractivity contribution in [3.63, 3.8) is 0 Å². The Labute approximate surface area is 167 Å². The molecule has 29 heavy (non-hydrogen) atoms. The largest absolute Gasteiger partial charge is 0.468 e. The number of imide groups is 1. The van der Waals surface area contributed by atoms with Crippen molar-refractivity contribution >= 4 is 34.8 Å². The van der Waals surface area contributed by atoms with Gasteiger partial charge in [0.25, 0.3) is 11.8 Å². The van der Waals surface area contributed by atoms with E-state index < -0.39 is 29.3 Å². The number of carbonyl (C=O) groups excluding carboxylic acids is 2. The highest BCUT2D eigenvalue weighted by molar-refractivity contribution is 8.03. The number of benzene rings is 2. The third-order valence-corrected chi connectivity index (χ3v) is 5.37. The van der Waals surface area contributed by atoms with Gasteiger partial charge in [0, 0.05) is 6.07 Å². The summed E-state index contributed by atoms with van der Waals surface area (Å²) >= 11 is 1.08. The van der Waals surface area contributed by atoms with Gasteiger partial charge in [-0.25, -0.2) is 18.1 Å². The Kier molecular flexibility index (Phi) is 5.02. The van der Waals surface area contributed by atoms with Crippen LogP contribution in [0.15, 0.2) is 70.2 Å². The standard InChI is InChI=1S/C21H12F3NO3S/c22-13-5-3-12(4-6-13)18-19(29-11-15-2-1-9-28-15)21(27)25(20(18)26)14-7-8-16(23)17(24)10-14/h1-10H,11H2. The van der Waals surface area contributed by atoms with Crippen LogP contribution in [-0.4, -0.2) is 11.8 Å². The maximum Gasteiger partial charge on any atom is 0.272 e. The van der Waals surface area contributed by atoms with Gasteiger partial charge in [-0.1, -0.05) is 12.1 Å². The van der Waals surface area contributed by atoms with E-state index in [9.17, 15) is 22.8 Å². The number of nitrogens with zero attached hydrogens (tertiary/aromatic N) is 1. The number of hydrogen-bond acceptors (Lipinski definition) is 4. The maximum atomic E-state index is 13.7. The lowest BCUT2D eigenvalue weighted by Crippen LogP contribution is -2.31. The van der Waals surface area contributed by atoms with E-state index in [4.69, 9.17) is 4.42 Å². The first-order valence-corrected chi connectivity index (χ1v) is 9.43. The molecule has 0 aliphatic carbocycles. The number of hydrogen-bond donors (Lipinski definition) is 0. The molecule has 2 aromatic carbocycles. The predicted octanol–water partition coefficient (Wildman–Crippen LogP) is 4.91. The quantitative estimate of drug-likeness (QED) is 0.556. The van der Waals surface area contributed by atoms with Gasteiger partial charge in [-0.15, -0.1) is 11.8 Å². The van der Waals surface area contributed by atoms with Crippen molar-refractivity contribution in [1.82, 2.24) is 0 Å². The summed E-state index contributed by atoms with van der Waals surface area (Å²) < 4.78 is 45.6. The topological polar surface area (TPSA) is 50.5 Å². The summed E-state index contributed by atoms with van der Waals surface area (Å²) in [5.41, 5.74) is 0.320. The van der Waals surface area contributed by atoms with Gasteiger partial charge in [-0.2, -0.15) is 0 Å². The second-order valence-electron chi connectivity index (χ2n) is 6.12. The van der Waals surface area contributed by atoms with Crippen molar-refractivity contribution in [3.05, 3.63) is 94.5 Å². The van der Waals surface area contributed by atoms with Gasteiger partial charge in [0.1, 0.15) is 11.6 Å². The monoisotopic (exact) mass is 415 g/mol. The molecule has 4 rings (SSSR count). The first-order chi connectivity index (χ1) is 14.0. The molecule has 4 nitrogen and oxygen atoms in total. The predicted molar refractivity (Wildman–Crippen MR) is 102 cm³/mol. The summed E-state index contributed by atoms with van der Waals surface area (Å²) in [6.45, 7) is 0. The zero-order chi connectivity index (χ0) is 20.5. The average molecular weight is 415 g/mol. The van der Waals surface area contributed by atoms with E-state index in [0.717, 1.165) is 34.9 Å². The Balaban J connectivity index is 1.76. The first-order valence-electron chi connectivity index (χ1n) is 8.45. The molecule has 0 atom stereocenters. The minimum absolute atomic E-state index is 0.0660. The average Bonchev–Trinajstić information content (AvgIpc) is 3.30. The van der Waals surface area contributed by atoms with Crippen molar-refractivity contribution < 1.29 is 27.2 Å². The first kappa shape index (κ1) is 19.1. The summed E-state index contributed by atoms with van der Waals surface area (Å²) in [6, 6.07) is 11.3. The fraction of sp³-hybridized carbons (Fsp3) is 0.0476. The molecule has 8 heteroatoms. The lowest BCUT2D eigenvalue weighted by Gasteiger charge is -2.15. The fourth-order valence-corrected chi connectivity index (χ4v) is 3.93. The lowest BCUT2D eigenvalue weighted by atomic mass is 10.1. The minimum Gasteiger partial charge on any atom is -0.468 e. The molecule has 0 spiro atoms. The highest BCUT2D eigenvalue weighted by Gasteiger charge is 2.40. The number of thioether (sulfide) groups is 1. The van der Waals surface area contributed by atoms with Gasteiger partial charge in [0.15, 0.2) is 11.6 Å². The molecule has 0 N–H and O–H groups in total. The summed E-state index contributed by atoms with van der Waals surface area (Å²) in [7, 11) is 0. The number of furan rings is 1. The molecule has 2 amide bonds. The SMILES string of the molecule is O=C1C(SCc2ccco2)=C(c2ccc(F)cc2)C(=O)N1c1ccc(F)c(F)c1. The van der Waals surface area contributed by atoms with Crippen molar-refractivity contribution in [2.75, 3.05) is 4.90 Å². The van der Waals surface area contributed by atoms with Gasteiger partial charge in [-0.3, -0.25) is 9.59 Å². The Morgan fingerprint density at radius 3 is 2.31 bits per heavy atom. The summed E-state index contributed by atoms with van der Waals surface area (Å²) in [4.78, 5) is 27.0. The van der Waals surface area contributed by atoms with Crippen LogP contribution < -0.4 is 4.90 Å². The molecular formula is C21H12F3NO3S. The molecule has 1 aromatic heterocycles. The summed E-state index contributed by atoms with van der Waals surface area (Å²) in [5, 5.41) is 0. The van der Waals surface area contributed by atoms with E-state index in [1.807, 2.05) is 0 Å². The van der Waals surface area contributed by atoms with Crippen LogP contribution in [0.1, 0.15) is 11.3 Å². The van der Waals surface area contributed by atoms with Crippen molar-refractivity contribution in [3.8, 4) is 0 Å². The Morgan fingerprint density at radius 1 is 0.897 bits per heavy atom. The van der Waals surface area contributed by atoms with Crippen molar-refractivity contribution in [1.29, 1.82) is 0 Å². The van der Waals surface area contributed by atoms with E-state index >= 15 is 0 Å². The minimum atomic E-state index is -1.18. The van der Waals surface area contributed by atoms with E-state index in [1.165, 1.54) is 30.5 Å². The second-order valence-corrected chi connectivity index (χ2v) is 7.11. The van der Waals surface area contributed by atoms with E-state index in [2.05, 4.69) is 0 Å². The van der Waals surface area contributed by atoms with Crippen LogP contribution in [0.5, 0.6) is 0 Å². The van der Waals surface area contributed by atoms with Crippen LogP contribution >= 0.6 is 11.8 Å². The number of rotatable bonds is 5. The van der Waals surface area contributed by atoms with Gasteiger partial charge in [0.05, 0.1) is 28.2 Å². The van der Waals surface area contributed by atoms with Crippen LogP contribution in [-0.2, 0) is 15.3 Å². The molecule has 0 radical (unpaired) electrons. The molecule has 3 aromatic rings. The zero-order valence-electron chi connectivity index (χ0n) is 14.7. The molecule has 1 aliphatic heterocycles. The van der Waals surface area contributed by atoms with Gasteiger partial charge >= 0.3 is 0 Å². The van der Waals surface area contributed by atoms with E-state index in [1.54, 1.807) is 12.1 Å². The summed E-state index contributed by atoms with van der Waals surface area (Å²) in [5.74, 6) is -3.26. The molecule has 1 aliphatic rings. The normalized spacial score (nSPS) is 14.2. The van der Waals surface area contributed by atoms with E-state index in [0.29, 0.717) is 11.3 Å². The Morgan fingerprint density at radius 2 is 1.66 bits per heavy atom. The Bertz CT molecular complexity index is 1120. The summed E-state index contributed by atoms with van der Waals surface area (Å²) in [6.07, 6.45) is 1.49. The smallest absolute Gasteiger partial charge is 0.272 e. The van der Waals surface area contributed by atoms with Crippen LogP contribution in [0.3, 0.4) is 0 Å². The number of halogens is 3. The molecule has 0 unspecified atom stereocenters. The highest BCUT2D eigenvalue weighted by atomic mass is 32.2. The third kappa shape index (κ3) is 3.58. The van der Waals surface area contributed by atoms with Crippen LogP contribution in [0.25, 0.3) is 5.57 Å². The molecule has 2 heterocycles. The van der Waals surface area contributed by atoms with Gasteiger partial charge < -0.3 is 4.42 Å². The Hall–Kier alpha value is -3.26. The van der Waals surface area contributed by atoms with Crippen molar-refractivity contribution in [2.24, 2.45) is 0 Å². The third-order valence-electron chi connectivity index (χ3n) is 4.27. The molecule has 0 saturated heterocycles. The fourth-order valence-electron chi connectivity index (χ4n) is 2.91. The van der Waals surface area contributed by atoms with Crippen LogP contribution in [0, 0.1) is 17.5 Å². The van der Waals surface area contributed by atoms with Crippen molar-refractivity contribution in [2.45, 2.75) is 5.75 Å². The van der Waals surface area contributed by atoms with E-state index in [-0.39, 0.29) is 21.9 Å². The maximum absolute atomic E-state index is 13.7. The molecule has 0 saturated carbocycles. The van der Waals surface area contributed by atoms with Gasteiger partial charge in [-0.05, 0) is 42.0 Å². The lowest BCUT2D eigenvalue weighted by molar-refractivity contribution is -0.119. The molecule has 0 bridgehead atoms. The number of anilines is 1. The zero-order valence-corrected chi connectivity index (χ0v) is 15.5. The highest BCUT2D eigenvalue weighted by Crippen LogP contribution is 2.39. The molecule has 146 valence electrons. The number of carbonyl (C=O) groups is 2. The second kappa shape index (κ2) is 7.63. The molecule has 0 fully saturated rings. The van der Waals surface area contributed by atoms with Crippen LogP contribution in [0.2, 0.25) is 0 Å². The molecular weight excluding hydrogens is 403 g/mol. The van der Waals surface area contributed by atoms with Crippen LogP contribution in [0.4, 0.5) is 18.9 Å². The van der Waals surface area contributed by atoms with Gasteiger partial charge in [0.2, 0.25) is 0 Å². The number of amides is 2.